The Labute approximate surface area is 159 Å². The first-order chi connectivity index (χ1) is 12.9. The third-order valence-corrected chi connectivity index (χ3v) is 5.04. The van der Waals surface area contributed by atoms with Gasteiger partial charge in [0, 0.05) is 37.4 Å². The van der Waals surface area contributed by atoms with Crippen LogP contribution in [0.1, 0.15) is 27.9 Å². The Morgan fingerprint density at radius 2 is 2.04 bits per heavy atom. The van der Waals surface area contributed by atoms with Crippen molar-refractivity contribution in [2.24, 2.45) is 0 Å². The molecule has 0 radical (unpaired) electrons. The summed E-state index contributed by atoms with van der Waals surface area (Å²) in [5.74, 6) is -0.254. The van der Waals surface area contributed by atoms with Crippen molar-refractivity contribution in [3.63, 3.8) is 0 Å². The topological polar surface area (TPSA) is 85.4 Å². The number of aromatic amines is 1. The van der Waals surface area contributed by atoms with Crippen LogP contribution in [0.2, 0.25) is 0 Å². The molecule has 0 aliphatic carbocycles. The molecule has 6 nitrogen and oxygen atoms in total. The minimum absolute atomic E-state index is 0.0191. The summed E-state index contributed by atoms with van der Waals surface area (Å²) in [5.41, 5.74) is 4.50. The van der Waals surface area contributed by atoms with Crippen LogP contribution < -0.4 is 10.9 Å². The highest BCUT2D eigenvalue weighted by molar-refractivity contribution is 5.78. The fourth-order valence-corrected chi connectivity index (χ4v) is 3.63. The molecule has 0 spiro atoms. The predicted molar refractivity (Wildman–Crippen MR) is 105 cm³/mol. The standard InChI is InChI=1S/C21H27N3O3/c1-14-9-15(2)23-21(27)19(14)10-20(26)22-11-18(25)13-24-8-7-16-5-3-4-6-17(16)12-24/h3-6,9,18,25H,7-8,10-13H2,1-2H3,(H,22,26)(H,23,27). The summed E-state index contributed by atoms with van der Waals surface area (Å²) in [6, 6.07) is 10.2. The molecule has 0 saturated carbocycles. The molecule has 2 heterocycles. The molecule has 1 aromatic carbocycles. The highest BCUT2D eigenvalue weighted by atomic mass is 16.3. The van der Waals surface area contributed by atoms with Crippen molar-refractivity contribution in [1.29, 1.82) is 0 Å². The summed E-state index contributed by atoms with van der Waals surface area (Å²) in [6.07, 6.45) is 0.354. The van der Waals surface area contributed by atoms with E-state index in [2.05, 4.69) is 33.4 Å². The van der Waals surface area contributed by atoms with E-state index >= 15 is 0 Å². The molecule has 144 valence electrons. The second kappa shape index (κ2) is 8.50. The minimum atomic E-state index is -0.642. The second-order valence-corrected chi connectivity index (χ2v) is 7.33. The Morgan fingerprint density at radius 1 is 1.30 bits per heavy atom. The smallest absolute Gasteiger partial charge is 0.252 e. The van der Waals surface area contributed by atoms with E-state index in [-0.39, 0.29) is 24.4 Å². The maximum atomic E-state index is 12.2. The van der Waals surface area contributed by atoms with Gasteiger partial charge in [-0.3, -0.25) is 14.5 Å². The molecule has 27 heavy (non-hydrogen) atoms. The minimum Gasteiger partial charge on any atom is -0.390 e. The number of pyridine rings is 1. The fourth-order valence-electron chi connectivity index (χ4n) is 3.63. The van der Waals surface area contributed by atoms with Gasteiger partial charge in [-0.15, -0.1) is 0 Å². The number of nitrogens with zero attached hydrogens (tertiary/aromatic N) is 1. The third kappa shape index (κ3) is 5.05. The van der Waals surface area contributed by atoms with Crippen molar-refractivity contribution in [1.82, 2.24) is 15.2 Å². The monoisotopic (exact) mass is 369 g/mol. The first-order valence-corrected chi connectivity index (χ1v) is 9.35. The van der Waals surface area contributed by atoms with Gasteiger partial charge in [0.2, 0.25) is 5.91 Å². The van der Waals surface area contributed by atoms with Crippen molar-refractivity contribution in [3.8, 4) is 0 Å². The van der Waals surface area contributed by atoms with Gasteiger partial charge in [0.25, 0.3) is 5.56 Å². The number of aryl methyl sites for hydroxylation is 2. The zero-order chi connectivity index (χ0) is 19.4. The van der Waals surface area contributed by atoms with Crippen LogP contribution in [-0.2, 0) is 24.2 Å². The number of β-amino-alcohol motifs (C(OH)–C–C–N with tert-alkyl or cyclic N) is 1. The van der Waals surface area contributed by atoms with Crippen LogP contribution >= 0.6 is 0 Å². The van der Waals surface area contributed by atoms with Crippen LogP contribution in [0.4, 0.5) is 0 Å². The highest BCUT2D eigenvalue weighted by Crippen LogP contribution is 2.18. The Kier molecular flexibility index (Phi) is 6.08. The molecule has 1 amide bonds. The van der Waals surface area contributed by atoms with Gasteiger partial charge in [-0.25, -0.2) is 0 Å². The largest absolute Gasteiger partial charge is 0.390 e. The van der Waals surface area contributed by atoms with Gasteiger partial charge < -0.3 is 15.4 Å². The van der Waals surface area contributed by atoms with E-state index in [9.17, 15) is 14.7 Å². The van der Waals surface area contributed by atoms with Crippen molar-refractivity contribution >= 4 is 5.91 Å². The molecule has 3 rings (SSSR count). The number of hydrogen-bond acceptors (Lipinski definition) is 4. The van der Waals surface area contributed by atoms with Crippen LogP contribution in [0, 0.1) is 13.8 Å². The lowest BCUT2D eigenvalue weighted by atomic mass is 10.00. The number of nitrogens with one attached hydrogen (secondary N) is 2. The van der Waals surface area contributed by atoms with Gasteiger partial charge >= 0.3 is 0 Å². The Bertz CT molecular complexity index is 875. The number of H-pyrrole nitrogens is 1. The van der Waals surface area contributed by atoms with Crippen LogP contribution in [0.15, 0.2) is 35.1 Å². The molecule has 6 heteroatoms. The molecule has 0 fully saturated rings. The molecule has 1 aliphatic rings. The zero-order valence-corrected chi connectivity index (χ0v) is 15.9. The van der Waals surface area contributed by atoms with Gasteiger partial charge in [0.1, 0.15) is 0 Å². The Morgan fingerprint density at radius 3 is 2.78 bits per heavy atom. The molecule has 0 bridgehead atoms. The van der Waals surface area contributed by atoms with Gasteiger partial charge in [0.15, 0.2) is 0 Å². The lowest BCUT2D eigenvalue weighted by molar-refractivity contribution is -0.121. The number of fused-ring (bicyclic) bond motifs is 1. The average molecular weight is 369 g/mol. The molecular weight excluding hydrogens is 342 g/mol. The molecule has 1 aliphatic heterocycles. The lowest BCUT2D eigenvalue weighted by Gasteiger charge is -2.30. The van der Waals surface area contributed by atoms with Gasteiger partial charge in [0.05, 0.1) is 12.5 Å². The molecule has 1 aromatic heterocycles. The third-order valence-electron chi connectivity index (χ3n) is 5.04. The summed E-state index contributed by atoms with van der Waals surface area (Å²) in [4.78, 5) is 29.1. The maximum absolute atomic E-state index is 12.2. The highest BCUT2D eigenvalue weighted by Gasteiger charge is 2.19. The van der Waals surface area contributed by atoms with E-state index in [1.807, 2.05) is 26.0 Å². The summed E-state index contributed by atoms with van der Waals surface area (Å²) in [5, 5.41) is 13.0. The molecule has 1 atom stereocenters. The molecule has 3 N–H and O–H groups in total. The lowest BCUT2D eigenvalue weighted by Crippen LogP contribution is -2.42. The summed E-state index contributed by atoms with van der Waals surface area (Å²) >= 11 is 0. The SMILES string of the molecule is Cc1cc(C)c(CC(=O)NCC(O)CN2CCc3ccccc3C2)c(=O)[nH]1. The van der Waals surface area contributed by atoms with Gasteiger partial charge in [-0.1, -0.05) is 24.3 Å². The summed E-state index contributed by atoms with van der Waals surface area (Å²) in [7, 11) is 0. The average Bonchev–Trinajstić information content (AvgIpc) is 2.63. The van der Waals surface area contributed by atoms with E-state index in [1.165, 1.54) is 11.1 Å². The molecule has 2 aromatic rings. The Balaban J connectivity index is 1.48. The van der Waals surface area contributed by atoms with Gasteiger partial charge in [-0.05, 0) is 43.0 Å². The summed E-state index contributed by atoms with van der Waals surface area (Å²) in [6.45, 7) is 6.05. The van der Waals surface area contributed by atoms with Crippen LogP contribution in [0.3, 0.4) is 0 Å². The van der Waals surface area contributed by atoms with E-state index in [0.29, 0.717) is 12.1 Å². The number of amides is 1. The van der Waals surface area contributed by atoms with Crippen LogP contribution in [0.5, 0.6) is 0 Å². The normalized spacial score (nSPS) is 15.2. The fraction of sp³-hybridized carbons (Fsp3) is 0.429. The number of aliphatic hydroxyl groups excluding tert-OH is 1. The van der Waals surface area contributed by atoms with E-state index in [1.54, 1.807) is 0 Å². The number of carbonyl (C=O) groups is 1. The maximum Gasteiger partial charge on any atom is 0.252 e. The van der Waals surface area contributed by atoms with Crippen molar-refractivity contribution < 1.29 is 9.90 Å². The number of aliphatic hydroxyl groups is 1. The molecule has 1 unspecified atom stereocenters. The number of hydrogen-bond donors (Lipinski definition) is 3. The van der Waals surface area contributed by atoms with E-state index < -0.39 is 6.10 Å². The van der Waals surface area contributed by atoms with Crippen molar-refractivity contribution in [2.45, 2.75) is 39.3 Å². The number of benzene rings is 1. The number of aromatic nitrogens is 1. The van der Waals surface area contributed by atoms with E-state index in [0.717, 1.165) is 30.8 Å². The zero-order valence-electron chi connectivity index (χ0n) is 15.9. The van der Waals surface area contributed by atoms with Crippen molar-refractivity contribution in [3.05, 3.63) is 68.6 Å². The van der Waals surface area contributed by atoms with Gasteiger partial charge in [-0.2, -0.15) is 0 Å². The predicted octanol–water partition coefficient (Wildman–Crippen LogP) is 1.07. The summed E-state index contributed by atoms with van der Waals surface area (Å²) < 4.78 is 0. The number of rotatable bonds is 6. The number of carbonyl (C=O) groups excluding carboxylic acids is 1. The quantitative estimate of drug-likeness (QED) is 0.711. The Hall–Kier alpha value is -2.44. The van der Waals surface area contributed by atoms with E-state index in [4.69, 9.17) is 0 Å². The first kappa shape index (κ1) is 19.3. The second-order valence-electron chi connectivity index (χ2n) is 7.33. The van der Waals surface area contributed by atoms with Crippen molar-refractivity contribution in [2.75, 3.05) is 19.6 Å². The molecule has 0 saturated heterocycles. The first-order valence-electron chi connectivity index (χ1n) is 9.35. The van der Waals surface area contributed by atoms with Crippen LogP contribution in [0.25, 0.3) is 0 Å². The van der Waals surface area contributed by atoms with Crippen LogP contribution in [-0.4, -0.2) is 46.6 Å². The molecular formula is C21H27N3O3.